The molecule has 0 aliphatic rings. The molecule has 2 aromatic carbocycles. The second kappa shape index (κ2) is 7.50. The Balaban J connectivity index is 2.77. The van der Waals surface area contributed by atoms with Crippen molar-refractivity contribution >= 4 is 11.9 Å². The van der Waals surface area contributed by atoms with Crippen LogP contribution in [-0.2, 0) is 9.47 Å². The maximum Gasteiger partial charge on any atom is 0.338 e. The molecule has 0 aliphatic carbocycles. The maximum atomic E-state index is 12.1. The second-order valence-corrected chi connectivity index (χ2v) is 4.81. The van der Waals surface area contributed by atoms with Crippen LogP contribution >= 0.6 is 0 Å². The molecule has 0 bridgehead atoms. The number of rotatable bonds is 5. The van der Waals surface area contributed by atoms with Crippen LogP contribution < -0.4 is 9.47 Å². The minimum atomic E-state index is -0.522. The summed E-state index contributed by atoms with van der Waals surface area (Å²) < 4.78 is 20.1. The van der Waals surface area contributed by atoms with Crippen molar-refractivity contribution < 1.29 is 28.5 Å². The number of esters is 2. The van der Waals surface area contributed by atoms with Gasteiger partial charge in [0.25, 0.3) is 0 Å². The van der Waals surface area contributed by atoms with Crippen molar-refractivity contribution in [3.05, 3.63) is 47.5 Å². The van der Waals surface area contributed by atoms with Crippen molar-refractivity contribution in [2.75, 3.05) is 28.4 Å². The Morgan fingerprint density at radius 1 is 0.667 bits per heavy atom. The van der Waals surface area contributed by atoms with E-state index in [0.717, 1.165) is 0 Å². The number of methoxy groups -OCH3 is 4. The molecule has 0 aliphatic heterocycles. The molecule has 0 fully saturated rings. The summed E-state index contributed by atoms with van der Waals surface area (Å²) in [6, 6.07) is 9.78. The first-order valence-electron chi connectivity index (χ1n) is 7.08. The highest BCUT2D eigenvalue weighted by molar-refractivity contribution is 6.03. The van der Waals surface area contributed by atoms with Crippen molar-refractivity contribution in [3.8, 4) is 22.6 Å². The number of carbonyl (C=O) groups excluding carboxylic acids is 2. The van der Waals surface area contributed by atoms with E-state index in [2.05, 4.69) is 0 Å². The molecule has 0 unspecified atom stereocenters. The zero-order chi connectivity index (χ0) is 17.7. The van der Waals surface area contributed by atoms with Crippen molar-refractivity contribution in [2.24, 2.45) is 0 Å². The van der Waals surface area contributed by atoms with Gasteiger partial charge in [0, 0.05) is 11.1 Å². The van der Waals surface area contributed by atoms with Gasteiger partial charge >= 0.3 is 11.9 Å². The van der Waals surface area contributed by atoms with Gasteiger partial charge in [-0.3, -0.25) is 0 Å². The van der Waals surface area contributed by atoms with E-state index in [0.29, 0.717) is 33.8 Å². The first-order valence-corrected chi connectivity index (χ1v) is 7.08. The number of ether oxygens (including phenoxy) is 4. The average Bonchev–Trinajstić information content (AvgIpc) is 2.65. The second-order valence-electron chi connectivity index (χ2n) is 4.81. The minimum absolute atomic E-state index is 0.303. The Morgan fingerprint density at radius 3 is 1.33 bits per heavy atom. The van der Waals surface area contributed by atoms with Gasteiger partial charge in [0.15, 0.2) is 0 Å². The molecule has 6 heteroatoms. The predicted octanol–water partition coefficient (Wildman–Crippen LogP) is 2.94. The Hall–Kier alpha value is -3.02. The van der Waals surface area contributed by atoms with E-state index in [1.807, 2.05) is 0 Å². The highest BCUT2D eigenvalue weighted by atomic mass is 16.5. The molecule has 2 rings (SSSR count). The van der Waals surface area contributed by atoms with Crippen molar-refractivity contribution in [1.29, 1.82) is 0 Å². The lowest BCUT2D eigenvalue weighted by atomic mass is 9.94. The molecule has 0 amide bonds. The molecular formula is C18H18O6. The third-order valence-electron chi connectivity index (χ3n) is 3.55. The first-order chi connectivity index (χ1) is 11.5. The lowest BCUT2D eigenvalue weighted by Gasteiger charge is -2.14. The van der Waals surface area contributed by atoms with E-state index >= 15 is 0 Å². The van der Waals surface area contributed by atoms with Crippen LogP contribution in [0.4, 0.5) is 0 Å². The van der Waals surface area contributed by atoms with Crippen LogP contribution in [0.1, 0.15) is 20.7 Å². The summed E-state index contributed by atoms with van der Waals surface area (Å²) in [5, 5.41) is 0. The summed E-state index contributed by atoms with van der Waals surface area (Å²) in [5.41, 5.74) is 1.58. The molecule has 126 valence electrons. The zero-order valence-electron chi connectivity index (χ0n) is 13.9. The van der Waals surface area contributed by atoms with Crippen molar-refractivity contribution in [1.82, 2.24) is 0 Å². The van der Waals surface area contributed by atoms with Crippen molar-refractivity contribution in [2.45, 2.75) is 0 Å². The molecule has 0 radical (unpaired) electrons. The normalized spacial score (nSPS) is 10.0. The molecule has 0 saturated heterocycles. The predicted molar refractivity (Wildman–Crippen MR) is 87.7 cm³/mol. The monoisotopic (exact) mass is 330 g/mol. The summed E-state index contributed by atoms with van der Waals surface area (Å²) >= 11 is 0. The van der Waals surface area contributed by atoms with Crippen LogP contribution in [-0.4, -0.2) is 40.4 Å². The Bertz CT molecular complexity index is 701. The number of hydrogen-bond donors (Lipinski definition) is 0. The minimum Gasteiger partial charge on any atom is -0.497 e. The Labute approximate surface area is 139 Å². The third kappa shape index (κ3) is 3.32. The van der Waals surface area contributed by atoms with Gasteiger partial charge in [0.05, 0.1) is 39.6 Å². The average molecular weight is 330 g/mol. The highest BCUT2D eigenvalue weighted by Gasteiger charge is 2.21. The lowest BCUT2D eigenvalue weighted by molar-refractivity contribution is 0.0590. The fourth-order valence-corrected chi connectivity index (χ4v) is 2.32. The van der Waals surface area contributed by atoms with Gasteiger partial charge < -0.3 is 18.9 Å². The van der Waals surface area contributed by atoms with Gasteiger partial charge in [-0.2, -0.15) is 0 Å². The van der Waals surface area contributed by atoms with Crippen LogP contribution in [0.5, 0.6) is 11.5 Å². The van der Waals surface area contributed by atoms with Gasteiger partial charge in [-0.25, -0.2) is 9.59 Å². The maximum absolute atomic E-state index is 12.1. The van der Waals surface area contributed by atoms with E-state index in [1.165, 1.54) is 28.4 Å². The largest absolute Gasteiger partial charge is 0.497 e. The summed E-state index contributed by atoms with van der Waals surface area (Å²) in [5.74, 6) is 0.0326. The molecule has 0 saturated carbocycles. The molecule has 0 aromatic heterocycles. The van der Waals surface area contributed by atoms with E-state index in [9.17, 15) is 9.59 Å². The Kier molecular flexibility index (Phi) is 5.42. The molecule has 6 nitrogen and oxygen atoms in total. The lowest BCUT2D eigenvalue weighted by Crippen LogP contribution is -2.08. The van der Waals surface area contributed by atoms with Gasteiger partial charge in [0.2, 0.25) is 0 Å². The molecule has 0 spiro atoms. The molecule has 0 heterocycles. The van der Waals surface area contributed by atoms with Gasteiger partial charge in [-0.15, -0.1) is 0 Å². The number of carbonyl (C=O) groups is 2. The summed E-state index contributed by atoms with van der Waals surface area (Å²) in [7, 11) is 5.62. The first kappa shape index (κ1) is 17.3. The van der Waals surface area contributed by atoms with Crippen LogP contribution in [0.25, 0.3) is 11.1 Å². The molecule has 0 N–H and O–H groups in total. The summed E-state index contributed by atoms with van der Waals surface area (Å²) in [4.78, 5) is 24.2. The van der Waals surface area contributed by atoms with Gasteiger partial charge in [-0.05, 0) is 36.4 Å². The standard InChI is InChI=1S/C18H18O6/c1-21-11-5-7-13(17(19)23-3)15(9-11)16-10-12(22-2)6-8-14(16)18(20)24-4/h5-10H,1-4H3. The van der Waals surface area contributed by atoms with Crippen LogP contribution in [0.15, 0.2) is 36.4 Å². The van der Waals surface area contributed by atoms with Crippen LogP contribution in [0.2, 0.25) is 0 Å². The fraction of sp³-hybridized carbons (Fsp3) is 0.222. The Morgan fingerprint density at radius 2 is 1.04 bits per heavy atom. The van der Waals surface area contributed by atoms with E-state index in [1.54, 1.807) is 36.4 Å². The fourth-order valence-electron chi connectivity index (χ4n) is 2.32. The quantitative estimate of drug-likeness (QED) is 0.785. The highest BCUT2D eigenvalue weighted by Crippen LogP contribution is 2.34. The van der Waals surface area contributed by atoms with Crippen LogP contribution in [0, 0.1) is 0 Å². The van der Waals surface area contributed by atoms with E-state index in [-0.39, 0.29) is 0 Å². The molecule has 24 heavy (non-hydrogen) atoms. The van der Waals surface area contributed by atoms with E-state index < -0.39 is 11.9 Å². The topological polar surface area (TPSA) is 71.1 Å². The molecular weight excluding hydrogens is 312 g/mol. The molecule has 0 atom stereocenters. The van der Waals surface area contributed by atoms with E-state index in [4.69, 9.17) is 18.9 Å². The SMILES string of the molecule is COC(=O)c1ccc(OC)cc1-c1cc(OC)ccc1C(=O)OC. The number of benzene rings is 2. The van der Waals surface area contributed by atoms with Gasteiger partial charge in [-0.1, -0.05) is 0 Å². The third-order valence-corrected chi connectivity index (χ3v) is 3.55. The smallest absolute Gasteiger partial charge is 0.338 e. The zero-order valence-corrected chi connectivity index (χ0v) is 13.9. The summed E-state index contributed by atoms with van der Waals surface area (Å²) in [6.07, 6.45) is 0. The number of hydrogen-bond acceptors (Lipinski definition) is 6. The molecule has 2 aromatic rings. The summed E-state index contributed by atoms with van der Waals surface area (Å²) in [6.45, 7) is 0. The van der Waals surface area contributed by atoms with Crippen LogP contribution in [0.3, 0.4) is 0 Å². The van der Waals surface area contributed by atoms with Crippen molar-refractivity contribution in [3.63, 3.8) is 0 Å². The van der Waals surface area contributed by atoms with Gasteiger partial charge in [0.1, 0.15) is 11.5 Å².